The zero-order valence-corrected chi connectivity index (χ0v) is 12.1. The van der Waals surface area contributed by atoms with E-state index >= 15 is 0 Å². The fourth-order valence-corrected chi connectivity index (χ4v) is 4.45. The van der Waals surface area contributed by atoms with E-state index in [0.717, 1.165) is 0 Å². The molecule has 0 aromatic rings. The summed E-state index contributed by atoms with van der Waals surface area (Å²) in [6.45, 7) is 0. The number of Topliss-reactive ketones (excluding diaryl/α,β-unsaturated/α-hetero) is 1. The highest BCUT2D eigenvalue weighted by Crippen LogP contribution is 2.66. The average Bonchev–Trinajstić information content (AvgIpc) is 2.69. The molecule has 8 heteroatoms. The third-order valence-corrected chi connectivity index (χ3v) is 5.42. The van der Waals surface area contributed by atoms with Crippen LogP contribution in [0.4, 0.5) is 0 Å². The van der Waals surface area contributed by atoms with Crippen LogP contribution in [0.15, 0.2) is 0 Å². The number of methoxy groups -OCH3 is 3. The smallest absolute Gasteiger partial charge is 0.310 e. The van der Waals surface area contributed by atoms with E-state index in [2.05, 4.69) is 4.74 Å². The molecule has 0 aromatic carbocycles. The first-order chi connectivity index (χ1) is 8.76. The van der Waals surface area contributed by atoms with Crippen LogP contribution in [0, 0.1) is 5.92 Å². The van der Waals surface area contributed by atoms with E-state index in [4.69, 9.17) is 32.7 Å². The number of fused-ring (bicyclic) bond motifs is 2. The number of carbonyl (C=O) groups excluding carboxylic acids is 2. The van der Waals surface area contributed by atoms with Gasteiger partial charge in [0.15, 0.2) is 10.7 Å². The summed E-state index contributed by atoms with van der Waals surface area (Å²) in [5.41, 5.74) is 0. The topological polar surface area (TPSA) is 82.1 Å². The zero-order valence-electron chi connectivity index (χ0n) is 10.6. The van der Waals surface area contributed by atoms with Crippen molar-refractivity contribution in [3.05, 3.63) is 0 Å². The maximum atomic E-state index is 12.1. The molecule has 2 bridgehead atoms. The Morgan fingerprint density at radius 1 is 1.32 bits per heavy atom. The molecular formula is C11H14Cl2O6. The van der Waals surface area contributed by atoms with Crippen molar-refractivity contribution in [2.75, 3.05) is 21.3 Å². The molecule has 0 radical (unpaired) electrons. The summed E-state index contributed by atoms with van der Waals surface area (Å²) in [7, 11) is 3.69. The van der Waals surface area contributed by atoms with E-state index in [-0.39, 0.29) is 6.42 Å². The van der Waals surface area contributed by atoms with Gasteiger partial charge < -0.3 is 19.3 Å². The van der Waals surface area contributed by atoms with Crippen molar-refractivity contribution in [3.8, 4) is 0 Å². The van der Waals surface area contributed by atoms with E-state index in [1.54, 1.807) is 0 Å². The summed E-state index contributed by atoms with van der Waals surface area (Å²) in [5.74, 6) is -4.20. The zero-order chi connectivity index (χ0) is 14.6. The largest absolute Gasteiger partial charge is 0.469 e. The third kappa shape index (κ3) is 1.34. The number of aliphatic hydroxyl groups is 1. The second kappa shape index (κ2) is 4.30. The Balaban J connectivity index is 2.65. The fourth-order valence-electron chi connectivity index (χ4n) is 3.25. The monoisotopic (exact) mass is 312 g/mol. The van der Waals surface area contributed by atoms with Crippen molar-refractivity contribution in [1.82, 2.24) is 0 Å². The number of ketones is 1. The van der Waals surface area contributed by atoms with Crippen molar-refractivity contribution in [2.45, 2.75) is 28.1 Å². The lowest BCUT2D eigenvalue weighted by Crippen LogP contribution is -2.59. The van der Waals surface area contributed by atoms with Crippen LogP contribution in [0.5, 0.6) is 0 Å². The lowest BCUT2D eigenvalue weighted by molar-refractivity contribution is -0.228. The number of carbonyl (C=O) groups is 2. The molecule has 2 fully saturated rings. The minimum atomic E-state index is -1.82. The first kappa shape index (κ1) is 15.0. The normalized spacial score (nSPS) is 43.6. The number of ether oxygens (including phenoxy) is 3. The maximum absolute atomic E-state index is 12.1. The van der Waals surface area contributed by atoms with Gasteiger partial charge >= 0.3 is 5.97 Å². The highest BCUT2D eigenvalue weighted by atomic mass is 35.5. The van der Waals surface area contributed by atoms with Crippen molar-refractivity contribution in [2.24, 2.45) is 5.92 Å². The summed E-state index contributed by atoms with van der Waals surface area (Å²) in [5, 5.41) is 10.1. The number of esters is 1. The van der Waals surface area contributed by atoms with E-state index < -0.39 is 39.3 Å². The minimum absolute atomic E-state index is 0.123. The number of hydrogen-bond acceptors (Lipinski definition) is 6. The van der Waals surface area contributed by atoms with Crippen molar-refractivity contribution >= 4 is 35.0 Å². The van der Waals surface area contributed by atoms with Crippen LogP contribution in [-0.2, 0) is 23.8 Å². The van der Waals surface area contributed by atoms with Gasteiger partial charge in [-0.05, 0) is 6.42 Å². The molecule has 2 aliphatic rings. The van der Waals surface area contributed by atoms with E-state index in [0.29, 0.717) is 0 Å². The number of rotatable bonds is 3. The van der Waals surface area contributed by atoms with Crippen LogP contribution in [0.1, 0.15) is 6.42 Å². The van der Waals surface area contributed by atoms with Crippen LogP contribution in [0.25, 0.3) is 0 Å². The fraction of sp³-hybridized carbons (Fsp3) is 0.818. The standard InChI is InChI=1S/C11H14Cl2O6/c1-17-8(16)5-4-9(12)6(14)7(15)10(5,13)11(9,18-2)19-3/h5,7,15H,4H2,1-3H3/t5-,7-,9-,10+/m1/s1. The van der Waals surface area contributed by atoms with E-state index in [1.807, 2.05) is 0 Å². The van der Waals surface area contributed by atoms with Crippen LogP contribution < -0.4 is 0 Å². The van der Waals surface area contributed by atoms with Gasteiger partial charge in [-0.25, -0.2) is 0 Å². The lowest BCUT2D eigenvalue weighted by Gasteiger charge is -2.39. The first-order valence-corrected chi connectivity index (χ1v) is 6.30. The van der Waals surface area contributed by atoms with Crippen LogP contribution in [0.3, 0.4) is 0 Å². The lowest BCUT2D eigenvalue weighted by atomic mass is 9.84. The highest BCUT2D eigenvalue weighted by Gasteiger charge is 2.87. The Bertz CT molecular complexity index is 437. The molecule has 6 nitrogen and oxygen atoms in total. The van der Waals surface area contributed by atoms with Gasteiger partial charge in [-0.2, -0.15) is 0 Å². The van der Waals surface area contributed by atoms with E-state index in [1.165, 1.54) is 21.3 Å². The van der Waals surface area contributed by atoms with Gasteiger partial charge in [0.05, 0.1) is 13.0 Å². The Labute approximate surface area is 119 Å². The third-order valence-electron chi connectivity index (χ3n) is 4.12. The molecule has 1 N–H and O–H groups in total. The second-order valence-electron chi connectivity index (χ2n) is 4.64. The first-order valence-electron chi connectivity index (χ1n) is 5.55. The maximum Gasteiger partial charge on any atom is 0.310 e. The Morgan fingerprint density at radius 3 is 2.21 bits per heavy atom. The summed E-state index contributed by atoms with van der Waals surface area (Å²) in [6, 6.07) is 0. The van der Waals surface area contributed by atoms with Crippen molar-refractivity contribution in [3.63, 3.8) is 0 Å². The van der Waals surface area contributed by atoms with Gasteiger partial charge in [-0.15, -0.1) is 23.2 Å². The molecule has 0 aliphatic heterocycles. The quantitative estimate of drug-likeness (QED) is 0.451. The molecule has 2 rings (SSSR count). The van der Waals surface area contributed by atoms with Crippen molar-refractivity contribution < 1.29 is 28.9 Å². The molecule has 0 spiro atoms. The predicted molar refractivity (Wildman–Crippen MR) is 65.1 cm³/mol. The molecule has 4 atom stereocenters. The molecule has 0 unspecified atom stereocenters. The van der Waals surface area contributed by atoms with Gasteiger partial charge in [0.2, 0.25) is 5.79 Å². The summed E-state index contributed by atoms with van der Waals surface area (Å²) < 4.78 is 15.1. The SMILES string of the molecule is COC(=O)[C@H]1C[C@@]2(Cl)C(=O)[C@@H](O)[C@]1(Cl)C2(OC)OC. The Morgan fingerprint density at radius 2 is 1.84 bits per heavy atom. The summed E-state index contributed by atoms with van der Waals surface area (Å²) >= 11 is 12.7. The van der Waals surface area contributed by atoms with Crippen LogP contribution >= 0.6 is 23.2 Å². The van der Waals surface area contributed by atoms with Gasteiger partial charge in [0, 0.05) is 14.2 Å². The molecule has 0 amide bonds. The second-order valence-corrected chi connectivity index (χ2v) is 5.91. The highest BCUT2D eigenvalue weighted by molar-refractivity contribution is 6.44. The van der Waals surface area contributed by atoms with Crippen LogP contribution in [0.2, 0.25) is 0 Å². The Hall–Kier alpha value is -0.400. The molecule has 2 saturated carbocycles. The molecule has 0 saturated heterocycles. The summed E-state index contributed by atoms with van der Waals surface area (Å²) in [4.78, 5) is 20.4. The molecule has 108 valence electrons. The molecule has 19 heavy (non-hydrogen) atoms. The molecular weight excluding hydrogens is 299 g/mol. The molecule has 0 aromatic heterocycles. The van der Waals surface area contributed by atoms with Gasteiger partial charge in [0.25, 0.3) is 0 Å². The van der Waals surface area contributed by atoms with E-state index in [9.17, 15) is 14.7 Å². The summed E-state index contributed by atoms with van der Waals surface area (Å²) in [6.07, 6.45) is -1.80. The van der Waals surface area contributed by atoms with Crippen molar-refractivity contribution in [1.29, 1.82) is 0 Å². The number of hydrogen-bond donors (Lipinski definition) is 1. The number of alkyl halides is 2. The average molecular weight is 313 g/mol. The van der Waals surface area contributed by atoms with Gasteiger partial charge in [-0.1, -0.05) is 0 Å². The number of halogens is 2. The predicted octanol–water partition coefficient (Wildman–Crippen LogP) is 0.0672. The molecule has 2 aliphatic carbocycles. The number of aliphatic hydroxyl groups excluding tert-OH is 1. The van der Waals surface area contributed by atoms with Gasteiger partial charge in [0.1, 0.15) is 11.0 Å². The minimum Gasteiger partial charge on any atom is -0.469 e. The van der Waals surface area contributed by atoms with Gasteiger partial charge in [-0.3, -0.25) is 9.59 Å². The Kier molecular flexibility index (Phi) is 3.39. The van der Waals surface area contributed by atoms with Crippen LogP contribution in [-0.4, -0.2) is 59.8 Å². The molecule has 0 heterocycles.